The second-order valence-corrected chi connectivity index (χ2v) is 4.75. The van der Waals surface area contributed by atoms with Gasteiger partial charge in [0.2, 0.25) is 0 Å². The third kappa shape index (κ3) is 3.53. The third-order valence-corrected chi connectivity index (χ3v) is 3.07. The van der Waals surface area contributed by atoms with Crippen LogP contribution in [-0.2, 0) is 6.54 Å². The molecule has 0 spiro atoms. The molecule has 0 saturated heterocycles. The van der Waals surface area contributed by atoms with Crippen molar-refractivity contribution in [2.24, 2.45) is 0 Å². The molecule has 0 N–H and O–H groups in total. The highest BCUT2D eigenvalue weighted by Crippen LogP contribution is 2.12. The minimum atomic E-state index is 0.192. The van der Waals surface area contributed by atoms with Crippen LogP contribution in [0.2, 0.25) is 0 Å². The molecule has 2 rings (SSSR count). The fourth-order valence-corrected chi connectivity index (χ4v) is 1.89. The zero-order valence-electron chi connectivity index (χ0n) is 9.34. The van der Waals surface area contributed by atoms with Crippen molar-refractivity contribution in [3.8, 4) is 0 Å². The number of hydrogen-bond acceptors (Lipinski definition) is 2. The molecule has 0 fully saturated rings. The van der Waals surface area contributed by atoms with E-state index >= 15 is 0 Å². The lowest BCUT2D eigenvalue weighted by Gasteiger charge is -2.02. The molecule has 17 heavy (non-hydrogen) atoms. The molecule has 0 bridgehead atoms. The van der Waals surface area contributed by atoms with E-state index in [0.717, 1.165) is 23.0 Å². The Bertz CT molecular complexity index is 477. The Morgan fingerprint density at radius 3 is 2.71 bits per heavy atom. The van der Waals surface area contributed by atoms with Crippen molar-refractivity contribution in [1.29, 1.82) is 0 Å². The van der Waals surface area contributed by atoms with Crippen LogP contribution in [0.15, 0.2) is 47.5 Å². The largest absolute Gasteiger partial charge is 0.337 e. The summed E-state index contributed by atoms with van der Waals surface area (Å²) in [6.07, 6.45) is 6.83. The summed E-state index contributed by atoms with van der Waals surface area (Å²) in [6, 6.07) is 7.49. The van der Waals surface area contributed by atoms with E-state index < -0.39 is 0 Å². The molecular weight excluding hydrogens is 280 g/mol. The Kier molecular flexibility index (Phi) is 4.09. The summed E-state index contributed by atoms with van der Waals surface area (Å²) in [5.74, 6) is 0.192. The van der Waals surface area contributed by atoms with Crippen LogP contribution in [0.1, 0.15) is 23.2 Å². The van der Waals surface area contributed by atoms with Crippen LogP contribution in [0.5, 0.6) is 0 Å². The first-order valence-corrected chi connectivity index (χ1v) is 6.29. The smallest absolute Gasteiger partial charge is 0.162 e. The molecule has 1 aromatic heterocycles. The van der Waals surface area contributed by atoms with Gasteiger partial charge in [-0.1, -0.05) is 28.1 Å². The molecular formula is C13H13BrN2O. The van der Waals surface area contributed by atoms with Gasteiger partial charge in [-0.25, -0.2) is 4.98 Å². The van der Waals surface area contributed by atoms with Gasteiger partial charge in [0.05, 0.1) is 6.33 Å². The number of imidazole rings is 1. The monoisotopic (exact) mass is 292 g/mol. The number of rotatable bonds is 5. The molecule has 4 heteroatoms. The second kappa shape index (κ2) is 5.77. The average molecular weight is 293 g/mol. The summed E-state index contributed by atoms with van der Waals surface area (Å²) in [6.45, 7) is 0.836. The number of halogens is 1. The van der Waals surface area contributed by atoms with Crippen molar-refractivity contribution in [2.75, 3.05) is 0 Å². The van der Waals surface area contributed by atoms with E-state index in [-0.39, 0.29) is 5.78 Å². The van der Waals surface area contributed by atoms with Crippen LogP contribution >= 0.6 is 15.9 Å². The van der Waals surface area contributed by atoms with Gasteiger partial charge in [0.25, 0.3) is 0 Å². The topological polar surface area (TPSA) is 34.9 Å². The summed E-state index contributed by atoms with van der Waals surface area (Å²) in [4.78, 5) is 15.8. The van der Waals surface area contributed by atoms with Gasteiger partial charge >= 0.3 is 0 Å². The number of Topliss-reactive ketones (excluding diaryl/α,β-unsaturated/α-hetero) is 1. The number of carbonyl (C=O) groups excluding carboxylic acids is 1. The van der Waals surface area contributed by atoms with E-state index in [9.17, 15) is 4.79 Å². The average Bonchev–Trinajstić information content (AvgIpc) is 2.83. The maximum Gasteiger partial charge on any atom is 0.162 e. The Morgan fingerprint density at radius 1 is 1.29 bits per heavy atom. The Hall–Kier alpha value is -1.42. The van der Waals surface area contributed by atoms with E-state index in [2.05, 4.69) is 20.9 Å². The summed E-state index contributed by atoms with van der Waals surface area (Å²) in [7, 11) is 0. The molecule has 1 aromatic carbocycles. The molecule has 3 nitrogen and oxygen atoms in total. The number of ketones is 1. The Balaban J connectivity index is 1.83. The third-order valence-electron chi connectivity index (χ3n) is 2.55. The molecule has 0 aliphatic rings. The van der Waals surface area contributed by atoms with Crippen molar-refractivity contribution >= 4 is 21.7 Å². The fourth-order valence-electron chi connectivity index (χ4n) is 1.62. The summed E-state index contributed by atoms with van der Waals surface area (Å²) in [5.41, 5.74) is 0.777. The van der Waals surface area contributed by atoms with E-state index in [0.29, 0.717) is 6.42 Å². The highest BCUT2D eigenvalue weighted by molar-refractivity contribution is 9.10. The number of hydrogen-bond donors (Lipinski definition) is 0. The molecule has 0 saturated carbocycles. The Morgan fingerprint density at radius 2 is 2.06 bits per heavy atom. The first-order chi connectivity index (χ1) is 8.25. The minimum Gasteiger partial charge on any atom is -0.337 e. The minimum absolute atomic E-state index is 0.192. The summed E-state index contributed by atoms with van der Waals surface area (Å²) < 4.78 is 2.97. The number of nitrogens with zero attached hydrogens (tertiary/aromatic N) is 2. The van der Waals surface area contributed by atoms with Gasteiger partial charge in [-0.05, 0) is 18.6 Å². The van der Waals surface area contributed by atoms with Crippen molar-refractivity contribution in [2.45, 2.75) is 19.4 Å². The van der Waals surface area contributed by atoms with Crippen LogP contribution in [-0.4, -0.2) is 15.3 Å². The lowest BCUT2D eigenvalue weighted by Crippen LogP contribution is -2.02. The van der Waals surface area contributed by atoms with Gasteiger partial charge in [0.15, 0.2) is 5.78 Å². The molecule has 0 radical (unpaired) electrons. The van der Waals surface area contributed by atoms with Gasteiger partial charge < -0.3 is 4.57 Å². The van der Waals surface area contributed by atoms with Gasteiger partial charge in [-0.15, -0.1) is 0 Å². The van der Waals surface area contributed by atoms with Gasteiger partial charge in [0, 0.05) is 35.4 Å². The second-order valence-electron chi connectivity index (χ2n) is 3.83. The number of aryl methyl sites for hydroxylation is 1. The van der Waals surface area contributed by atoms with E-state index in [1.807, 2.05) is 35.0 Å². The maximum atomic E-state index is 11.8. The number of aromatic nitrogens is 2. The molecule has 2 aromatic rings. The molecule has 1 heterocycles. The zero-order valence-corrected chi connectivity index (χ0v) is 10.9. The maximum absolute atomic E-state index is 11.8. The molecule has 0 unspecified atom stereocenters. The molecule has 0 atom stereocenters. The lowest BCUT2D eigenvalue weighted by atomic mass is 10.1. The quantitative estimate of drug-likeness (QED) is 0.793. The van der Waals surface area contributed by atoms with Crippen LogP contribution in [0.3, 0.4) is 0 Å². The summed E-state index contributed by atoms with van der Waals surface area (Å²) >= 11 is 3.35. The fraction of sp³-hybridized carbons (Fsp3) is 0.231. The molecule has 88 valence electrons. The molecule has 0 amide bonds. The van der Waals surface area contributed by atoms with Crippen molar-refractivity contribution in [3.05, 3.63) is 53.0 Å². The highest BCUT2D eigenvalue weighted by atomic mass is 79.9. The normalized spacial score (nSPS) is 10.4. The first kappa shape index (κ1) is 12.0. The van der Waals surface area contributed by atoms with Crippen LogP contribution in [0, 0.1) is 0 Å². The first-order valence-electron chi connectivity index (χ1n) is 5.50. The van der Waals surface area contributed by atoms with Gasteiger partial charge in [-0.2, -0.15) is 0 Å². The predicted molar refractivity (Wildman–Crippen MR) is 69.9 cm³/mol. The van der Waals surface area contributed by atoms with Crippen molar-refractivity contribution in [1.82, 2.24) is 9.55 Å². The molecule has 0 aliphatic carbocycles. The van der Waals surface area contributed by atoms with Gasteiger partial charge in [-0.3, -0.25) is 4.79 Å². The SMILES string of the molecule is O=C(CCCn1ccnc1)c1ccc(Br)cc1. The highest BCUT2D eigenvalue weighted by Gasteiger charge is 2.05. The van der Waals surface area contributed by atoms with Crippen LogP contribution < -0.4 is 0 Å². The van der Waals surface area contributed by atoms with Crippen LogP contribution in [0.4, 0.5) is 0 Å². The predicted octanol–water partition coefficient (Wildman–Crippen LogP) is 3.31. The van der Waals surface area contributed by atoms with E-state index in [1.54, 1.807) is 12.5 Å². The lowest BCUT2D eigenvalue weighted by molar-refractivity contribution is 0.0978. The Labute approximate surface area is 109 Å². The zero-order chi connectivity index (χ0) is 12.1. The van der Waals surface area contributed by atoms with Crippen molar-refractivity contribution in [3.63, 3.8) is 0 Å². The number of carbonyl (C=O) groups is 1. The van der Waals surface area contributed by atoms with Crippen molar-refractivity contribution < 1.29 is 4.79 Å². The van der Waals surface area contributed by atoms with E-state index in [1.165, 1.54) is 0 Å². The van der Waals surface area contributed by atoms with E-state index in [4.69, 9.17) is 0 Å². The number of benzene rings is 1. The molecule has 0 aliphatic heterocycles. The standard InChI is InChI=1S/C13H13BrN2O/c14-12-5-3-11(4-6-12)13(17)2-1-8-16-9-7-15-10-16/h3-7,9-10H,1-2,8H2. The van der Waals surface area contributed by atoms with Crippen LogP contribution in [0.25, 0.3) is 0 Å². The van der Waals surface area contributed by atoms with Gasteiger partial charge in [0.1, 0.15) is 0 Å². The summed E-state index contributed by atoms with van der Waals surface area (Å²) in [5, 5.41) is 0.